The highest BCUT2D eigenvalue weighted by Crippen LogP contribution is 2.19. The van der Waals surface area contributed by atoms with Crippen LogP contribution in [0.25, 0.3) is 0 Å². The number of aryl methyl sites for hydroxylation is 1. The zero-order chi connectivity index (χ0) is 16.2. The van der Waals surface area contributed by atoms with Crippen LogP contribution < -0.4 is 4.90 Å². The van der Waals surface area contributed by atoms with E-state index in [9.17, 15) is 9.59 Å². The van der Waals surface area contributed by atoms with E-state index in [1.165, 1.54) is 0 Å². The van der Waals surface area contributed by atoms with Gasteiger partial charge in [0.2, 0.25) is 5.78 Å². The molecule has 1 aromatic heterocycles. The molecule has 0 bridgehead atoms. The van der Waals surface area contributed by atoms with Crippen molar-refractivity contribution in [3.63, 3.8) is 0 Å². The van der Waals surface area contributed by atoms with Crippen LogP contribution in [0.4, 0.5) is 5.13 Å². The van der Waals surface area contributed by atoms with Gasteiger partial charge in [-0.05, 0) is 13.3 Å². The van der Waals surface area contributed by atoms with Crippen molar-refractivity contribution in [1.29, 1.82) is 0 Å². The Labute approximate surface area is 139 Å². The highest BCUT2D eigenvalue weighted by Gasteiger charge is 2.25. The molecule has 3 rings (SSSR count). The van der Waals surface area contributed by atoms with Crippen LogP contribution in [0.2, 0.25) is 0 Å². The van der Waals surface area contributed by atoms with E-state index in [0.29, 0.717) is 25.2 Å². The average Bonchev–Trinajstić information content (AvgIpc) is 2.99. The number of rotatable bonds is 3. The van der Waals surface area contributed by atoms with E-state index >= 15 is 0 Å². The Morgan fingerprint density at radius 1 is 1.09 bits per heavy atom. The van der Waals surface area contributed by atoms with Gasteiger partial charge in [-0.25, -0.2) is 4.98 Å². The van der Waals surface area contributed by atoms with E-state index in [2.05, 4.69) is 9.88 Å². The number of ketones is 1. The largest absolute Gasteiger partial charge is 0.346 e. The van der Waals surface area contributed by atoms with E-state index in [-0.39, 0.29) is 0 Å². The highest BCUT2D eigenvalue weighted by molar-refractivity contribution is 7.13. The van der Waals surface area contributed by atoms with Crippen molar-refractivity contribution >= 4 is 28.2 Å². The summed E-state index contributed by atoms with van der Waals surface area (Å²) in [7, 11) is 0. The van der Waals surface area contributed by atoms with Gasteiger partial charge in [0.05, 0.1) is 0 Å². The minimum Gasteiger partial charge on any atom is -0.346 e. The topological polar surface area (TPSA) is 53.5 Å². The number of Topliss-reactive ketones (excluding diaryl/α,β-unsaturated/α-hetero) is 1. The summed E-state index contributed by atoms with van der Waals surface area (Å²) in [5.74, 6) is -0.831. The Kier molecular flexibility index (Phi) is 4.71. The molecule has 5 nitrogen and oxygen atoms in total. The maximum atomic E-state index is 12.5. The Bertz CT molecular complexity index is 682. The molecule has 120 valence electrons. The number of carbonyl (C=O) groups excluding carboxylic acids is 2. The SMILES string of the molecule is Cc1ccc(C(=O)C(=O)N2CCCN(c3nccs3)CC2)cc1. The molecule has 0 saturated carbocycles. The number of nitrogens with zero attached hydrogens (tertiary/aromatic N) is 3. The van der Waals surface area contributed by atoms with Crippen molar-refractivity contribution in [3.8, 4) is 0 Å². The molecule has 0 radical (unpaired) electrons. The monoisotopic (exact) mass is 329 g/mol. The molecule has 6 heteroatoms. The van der Waals surface area contributed by atoms with Crippen LogP contribution in [0.5, 0.6) is 0 Å². The number of hydrogen-bond donors (Lipinski definition) is 0. The lowest BCUT2D eigenvalue weighted by atomic mass is 10.1. The molecule has 0 N–H and O–H groups in total. The van der Waals surface area contributed by atoms with Crippen molar-refractivity contribution in [2.45, 2.75) is 13.3 Å². The van der Waals surface area contributed by atoms with Gasteiger partial charge >= 0.3 is 0 Å². The van der Waals surface area contributed by atoms with Crippen LogP contribution in [0, 0.1) is 6.92 Å². The summed E-state index contributed by atoms with van der Waals surface area (Å²) < 4.78 is 0. The first kappa shape index (κ1) is 15.7. The molecule has 1 amide bonds. The summed E-state index contributed by atoms with van der Waals surface area (Å²) in [6, 6.07) is 7.14. The fourth-order valence-corrected chi connectivity index (χ4v) is 3.35. The molecule has 0 atom stereocenters. The lowest BCUT2D eigenvalue weighted by Gasteiger charge is -2.21. The van der Waals surface area contributed by atoms with Crippen molar-refractivity contribution in [1.82, 2.24) is 9.88 Å². The minimum atomic E-state index is -0.423. The van der Waals surface area contributed by atoms with Gasteiger partial charge < -0.3 is 9.80 Å². The van der Waals surface area contributed by atoms with Crippen molar-refractivity contribution in [3.05, 3.63) is 47.0 Å². The van der Waals surface area contributed by atoms with Gasteiger partial charge in [0.25, 0.3) is 5.91 Å². The lowest BCUT2D eigenvalue weighted by molar-refractivity contribution is -0.126. The standard InChI is InChI=1S/C17H19N3O2S/c1-13-3-5-14(6-4-13)15(21)16(22)19-8-2-9-20(11-10-19)17-18-7-12-23-17/h3-7,12H,2,8-11H2,1H3. The predicted molar refractivity (Wildman–Crippen MR) is 91.0 cm³/mol. The molecule has 1 fully saturated rings. The van der Waals surface area contributed by atoms with Crippen LogP contribution >= 0.6 is 11.3 Å². The van der Waals surface area contributed by atoms with Crippen LogP contribution in [0.15, 0.2) is 35.8 Å². The molecule has 1 aliphatic heterocycles. The number of aromatic nitrogens is 1. The molecule has 0 spiro atoms. The van der Waals surface area contributed by atoms with Gasteiger partial charge in [-0.1, -0.05) is 29.8 Å². The van der Waals surface area contributed by atoms with Crippen molar-refractivity contribution in [2.24, 2.45) is 0 Å². The number of benzene rings is 1. The molecule has 2 heterocycles. The molecule has 1 aromatic carbocycles. The molecule has 0 unspecified atom stereocenters. The zero-order valence-corrected chi connectivity index (χ0v) is 13.9. The number of amides is 1. The summed E-state index contributed by atoms with van der Waals surface area (Å²) in [5, 5.41) is 2.92. The first-order chi connectivity index (χ1) is 11.1. The maximum absolute atomic E-state index is 12.5. The van der Waals surface area contributed by atoms with E-state index < -0.39 is 11.7 Å². The molecule has 0 aliphatic carbocycles. The fourth-order valence-electron chi connectivity index (χ4n) is 2.66. The average molecular weight is 329 g/mol. The van der Waals surface area contributed by atoms with E-state index in [1.807, 2.05) is 24.4 Å². The summed E-state index contributed by atoms with van der Waals surface area (Å²) in [6.07, 6.45) is 2.63. The third-order valence-corrected chi connectivity index (χ3v) is 4.81. The summed E-state index contributed by atoms with van der Waals surface area (Å²) >= 11 is 1.60. The Balaban J connectivity index is 1.66. The van der Waals surface area contributed by atoms with E-state index in [4.69, 9.17) is 0 Å². The molecular weight excluding hydrogens is 310 g/mol. The van der Waals surface area contributed by atoms with Crippen LogP contribution in [-0.4, -0.2) is 47.8 Å². The second kappa shape index (κ2) is 6.91. The minimum absolute atomic E-state index is 0.408. The van der Waals surface area contributed by atoms with Crippen LogP contribution in [0.3, 0.4) is 0 Å². The number of thiazole rings is 1. The van der Waals surface area contributed by atoms with Gasteiger partial charge in [0, 0.05) is 43.3 Å². The Morgan fingerprint density at radius 2 is 1.87 bits per heavy atom. The predicted octanol–water partition coefficient (Wildman–Crippen LogP) is 2.37. The van der Waals surface area contributed by atoms with E-state index in [1.54, 1.807) is 34.6 Å². The Hall–Kier alpha value is -2.21. The van der Waals surface area contributed by atoms with E-state index in [0.717, 1.165) is 23.7 Å². The second-order valence-corrected chi connectivity index (χ2v) is 6.52. The van der Waals surface area contributed by atoms with Crippen molar-refractivity contribution < 1.29 is 9.59 Å². The Morgan fingerprint density at radius 3 is 2.57 bits per heavy atom. The molecule has 2 aromatic rings. The lowest BCUT2D eigenvalue weighted by Crippen LogP contribution is -2.39. The van der Waals surface area contributed by atoms with Gasteiger partial charge in [0.15, 0.2) is 5.13 Å². The smallest absolute Gasteiger partial charge is 0.295 e. The van der Waals surface area contributed by atoms with Gasteiger partial charge in [-0.3, -0.25) is 9.59 Å². The van der Waals surface area contributed by atoms with Crippen LogP contribution in [0.1, 0.15) is 22.3 Å². The molecule has 23 heavy (non-hydrogen) atoms. The highest BCUT2D eigenvalue weighted by atomic mass is 32.1. The van der Waals surface area contributed by atoms with Gasteiger partial charge in [0.1, 0.15) is 0 Å². The fraction of sp³-hybridized carbons (Fsp3) is 0.353. The van der Waals surface area contributed by atoms with Gasteiger partial charge in [-0.15, -0.1) is 11.3 Å². The zero-order valence-electron chi connectivity index (χ0n) is 13.1. The third kappa shape index (κ3) is 3.59. The quantitative estimate of drug-likeness (QED) is 0.641. The number of anilines is 1. The second-order valence-electron chi connectivity index (χ2n) is 5.64. The summed E-state index contributed by atoms with van der Waals surface area (Å²) in [4.78, 5) is 33.0. The summed E-state index contributed by atoms with van der Waals surface area (Å²) in [5.41, 5.74) is 1.53. The third-order valence-electron chi connectivity index (χ3n) is 3.98. The molecule has 1 saturated heterocycles. The van der Waals surface area contributed by atoms with Crippen LogP contribution in [-0.2, 0) is 4.79 Å². The normalized spacial score (nSPS) is 15.3. The molecular formula is C17H19N3O2S. The van der Waals surface area contributed by atoms with Crippen molar-refractivity contribution in [2.75, 3.05) is 31.1 Å². The molecule has 1 aliphatic rings. The summed E-state index contributed by atoms with van der Waals surface area (Å²) in [6.45, 7) is 4.68. The number of hydrogen-bond acceptors (Lipinski definition) is 5. The van der Waals surface area contributed by atoms with Gasteiger partial charge in [-0.2, -0.15) is 0 Å². The first-order valence-corrected chi connectivity index (χ1v) is 8.58. The first-order valence-electron chi connectivity index (χ1n) is 7.70. The maximum Gasteiger partial charge on any atom is 0.295 e. The number of carbonyl (C=O) groups is 2.